The summed E-state index contributed by atoms with van der Waals surface area (Å²) in [6.45, 7) is 5.61. The predicted octanol–water partition coefficient (Wildman–Crippen LogP) is 5.88. The Kier molecular flexibility index (Phi) is 7.94. The van der Waals surface area contributed by atoms with Crippen LogP contribution in [0.4, 0.5) is 0 Å². The second-order valence-electron chi connectivity index (χ2n) is 7.21. The summed E-state index contributed by atoms with van der Waals surface area (Å²) in [4.78, 5) is 14.2. The van der Waals surface area contributed by atoms with Gasteiger partial charge in [0.2, 0.25) is 0 Å². The fourth-order valence-corrected chi connectivity index (χ4v) is 4.21. The van der Waals surface area contributed by atoms with Crippen LogP contribution in [0.25, 0.3) is 6.08 Å². The Hall–Kier alpha value is -2.31. The molecule has 158 valence electrons. The van der Waals surface area contributed by atoms with Crippen molar-refractivity contribution >= 4 is 40.3 Å². The minimum atomic E-state index is -0.0553. The summed E-state index contributed by atoms with van der Waals surface area (Å²) in [5.41, 5.74) is 2.21. The third kappa shape index (κ3) is 5.64. The molecule has 0 N–H and O–H groups in total. The fourth-order valence-electron chi connectivity index (χ4n) is 3.03. The van der Waals surface area contributed by atoms with Gasteiger partial charge in [-0.1, -0.05) is 68.2 Å². The van der Waals surface area contributed by atoms with Gasteiger partial charge in [-0.25, -0.2) is 0 Å². The van der Waals surface area contributed by atoms with Gasteiger partial charge in [-0.05, 0) is 47.7 Å². The number of hydrogen-bond acceptors (Lipinski definition) is 5. The van der Waals surface area contributed by atoms with Gasteiger partial charge in [-0.3, -0.25) is 9.69 Å². The average Bonchev–Trinajstić information content (AvgIpc) is 3.01. The van der Waals surface area contributed by atoms with Crippen molar-refractivity contribution in [2.45, 2.75) is 32.6 Å². The van der Waals surface area contributed by atoms with Gasteiger partial charge in [0.25, 0.3) is 5.91 Å². The van der Waals surface area contributed by atoms with Crippen molar-refractivity contribution < 1.29 is 14.3 Å². The third-order valence-electron chi connectivity index (χ3n) is 5.04. The van der Waals surface area contributed by atoms with Crippen molar-refractivity contribution in [3.05, 3.63) is 64.6 Å². The number of rotatable bonds is 9. The van der Waals surface area contributed by atoms with E-state index >= 15 is 0 Å². The van der Waals surface area contributed by atoms with Gasteiger partial charge >= 0.3 is 0 Å². The number of thiocarbonyl (C=S) groups is 1. The fraction of sp³-hybridized carbons (Fsp3) is 0.333. The Morgan fingerprint density at radius 2 is 1.80 bits per heavy atom. The number of carbonyl (C=O) groups is 1. The molecule has 0 radical (unpaired) electrons. The number of amides is 1. The Morgan fingerprint density at radius 1 is 1.10 bits per heavy atom. The summed E-state index contributed by atoms with van der Waals surface area (Å²) in [5.74, 6) is 2.20. The summed E-state index contributed by atoms with van der Waals surface area (Å²) >= 11 is 6.48. The minimum absolute atomic E-state index is 0.0553. The quantitative estimate of drug-likeness (QED) is 0.276. The van der Waals surface area contributed by atoms with Crippen LogP contribution >= 0.6 is 24.0 Å². The molecule has 4 nitrogen and oxygen atoms in total. The third-order valence-corrected chi connectivity index (χ3v) is 6.53. The number of para-hydroxylation sites is 1. The Morgan fingerprint density at radius 3 is 2.47 bits per heavy atom. The van der Waals surface area contributed by atoms with Gasteiger partial charge < -0.3 is 9.47 Å². The summed E-state index contributed by atoms with van der Waals surface area (Å²) in [6, 6.07) is 16.0. The van der Waals surface area contributed by atoms with Gasteiger partial charge in [-0.2, -0.15) is 0 Å². The first kappa shape index (κ1) is 22.4. The SMILES string of the molecule is CC[C@H](C)c1ccccc1OCCCOc1ccc(/C=C2/SC(=S)N(C)C2=O)cc1. The summed E-state index contributed by atoms with van der Waals surface area (Å²) in [6.07, 6.45) is 3.75. The molecular weight excluding hydrogens is 414 g/mol. The number of carbonyl (C=O) groups excluding carboxylic acids is 1. The first-order valence-corrected chi connectivity index (χ1v) is 11.4. The maximum Gasteiger partial charge on any atom is 0.265 e. The largest absolute Gasteiger partial charge is 0.493 e. The van der Waals surface area contributed by atoms with Crippen LogP contribution < -0.4 is 9.47 Å². The van der Waals surface area contributed by atoms with Crippen LogP contribution in [-0.4, -0.2) is 35.4 Å². The van der Waals surface area contributed by atoms with E-state index in [0.29, 0.717) is 28.4 Å². The molecule has 0 bridgehead atoms. The Bertz CT molecular complexity index is 924. The molecule has 2 aromatic carbocycles. The number of benzene rings is 2. The molecule has 0 unspecified atom stereocenters. The van der Waals surface area contributed by atoms with Crippen LogP contribution in [0.15, 0.2) is 53.4 Å². The monoisotopic (exact) mass is 441 g/mol. The number of likely N-dealkylation sites (N-methyl/N-ethyl adjacent to an activating group) is 1. The number of hydrogen-bond donors (Lipinski definition) is 0. The molecule has 1 aliphatic rings. The minimum Gasteiger partial charge on any atom is -0.493 e. The molecule has 0 aromatic heterocycles. The second-order valence-corrected chi connectivity index (χ2v) is 8.88. The van der Waals surface area contributed by atoms with Crippen molar-refractivity contribution in [2.24, 2.45) is 0 Å². The Balaban J connectivity index is 1.45. The lowest BCUT2D eigenvalue weighted by Crippen LogP contribution is -2.22. The summed E-state index contributed by atoms with van der Waals surface area (Å²) in [7, 11) is 1.70. The normalized spacial score (nSPS) is 16.2. The Labute approximate surface area is 188 Å². The van der Waals surface area contributed by atoms with Crippen LogP contribution in [0.5, 0.6) is 11.5 Å². The predicted molar refractivity (Wildman–Crippen MR) is 128 cm³/mol. The first-order chi connectivity index (χ1) is 14.5. The van der Waals surface area contributed by atoms with Crippen LogP contribution in [-0.2, 0) is 4.79 Å². The number of thioether (sulfide) groups is 1. The van der Waals surface area contributed by atoms with E-state index in [9.17, 15) is 4.79 Å². The van der Waals surface area contributed by atoms with Crippen molar-refractivity contribution in [3.8, 4) is 11.5 Å². The van der Waals surface area contributed by atoms with Gasteiger partial charge in [0.1, 0.15) is 15.8 Å². The van der Waals surface area contributed by atoms with E-state index in [1.165, 1.54) is 22.2 Å². The van der Waals surface area contributed by atoms with E-state index in [1.807, 2.05) is 42.5 Å². The highest BCUT2D eigenvalue weighted by Crippen LogP contribution is 2.31. The molecule has 1 amide bonds. The zero-order valence-corrected chi connectivity index (χ0v) is 19.2. The van der Waals surface area contributed by atoms with E-state index < -0.39 is 0 Å². The lowest BCUT2D eigenvalue weighted by molar-refractivity contribution is -0.121. The topological polar surface area (TPSA) is 38.8 Å². The van der Waals surface area contributed by atoms with Crippen LogP contribution in [0.2, 0.25) is 0 Å². The lowest BCUT2D eigenvalue weighted by Gasteiger charge is -2.15. The second kappa shape index (κ2) is 10.6. The van der Waals surface area contributed by atoms with Crippen LogP contribution in [0, 0.1) is 0 Å². The highest BCUT2D eigenvalue weighted by molar-refractivity contribution is 8.26. The van der Waals surface area contributed by atoms with E-state index in [4.69, 9.17) is 21.7 Å². The molecular formula is C24H27NO3S2. The first-order valence-electron chi connectivity index (χ1n) is 10.2. The van der Waals surface area contributed by atoms with Crippen molar-refractivity contribution in [1.82, 2.24) is 4.90 Å². The zero-order chi connectivity index (χ0) is 21.5. The molecule has 6 heteroatoms. The van der Waals surface area contributed by atoms with Crippen LogP contribution in [0.3, 0.4) is 0 Å². The maximum absolute atomic E-state index is 12.1. The molecule has 1 saturated heterocycles. The van der Waals surface area contributed by atoms with Gasteiger partial charge in [-0.15, -0.1) is 0 Å². The van der Waals surface area contributed by atoms with E-state index in [-0.39, 0.29) is 5.91 Å². The smallest absolute Gasteiger partial charge is 0.265 e. The van der Waals surface area contributed by atoms with E-state index in [0.717, 1.165) is 29.9 Å². The van der Waals surface area contributed by atoms with Gasteiger partial charge in [0, 0.05) is 13.5 Å². The zero-order valence-electron chi connectivity index (χ0n) is 17.6. The molecule has 0 aliphatic carbocycles. The lowest BCUT2D eigenvalue weighted by atomic mass is 9.98. The average molecular weight is 442 g/mol. The standard InChI is InChI=1S/C24H27NO3S2/c1-4-17(2)20-8-5-6-9-21(20)28-15-7-14-27-19-12-10-18(11-13-19)16-22-23(26)25(3)24(29)30-22/h5-6,8-13,16-17H,4,7,14-15H2,1-3H3/b22-16+/t17-/m0/s1. The highest BCUT2D eigenvalue weighted by Gasteiger charge is 2.28. The van der Waals surface area contributed by atoms with Crippen molar-refractivity contribution in [3.63, 3.8) is 0 Å². The summed E-state index contributed by atoms with van der Waals surface area (Å²) in [5, 5.41) is 0. The molecule has 0 saturated carbocycles. The summed E-state index contributed by atoms with van der Waals surface area (Å²) < 4.78 is 12.4. The molecule has 1 fully saturated rings. The van der Waals surface area contributed by atoms with E-state index in [2.05, 4.69) is 26.0 Å². The number of nitrogens with zero attached hydrogens (tertiary/aromatic N) is 1. The maximum atomic E-state index is 12.1. The van der Waals surface area contributed by atoms with Gasteiger partial charge in [0.05, 0.1) is 18.1 Å². The van der Waals surface area contributed by atoms with Gasteiger partial charge in [0.15, 0.2) is 0 Å². The molecule has 1 aliphatic heterocycles. The highest BCUT2D eigenvalue weighted by atomic mass is 32.2. The van der Waals surface area contributed by atoms with Crippen molar-refractivity contribution in [1.29, 1.82) is 0 Å². The molecule has 3 rings (SSSR count). The number of ether oxygens (including phenoxy) is 2. The van der Waals surface area contributed by atoms with E-state index in [1.54, 1.807) is 7.05 Å². The molecule has 30 heavy (non-hydrogen) atoms. The van der Waals surface area contributed by atoms with Crippen molar-refractivity contribution in [2.75, 3.05) is 20.3 Å². The molecule has 1 atom stereocenters. The molecule has 0 spiro atoms. The molecule has 2 aromatic rings. The molecule has 1 heterocycles. The van der Waals surface area contributed by atoms with Crippen LogP contribution in [0.1, 0.15) is 43.7 Å².